The van der Waals surface area contributed by atoms with E-state index in [1.54, 1.807) is 6.92 Å². The molecule has 15 nitrogen and oxygen atoms in total. The zero-order valence-electron chi connectivity index (χ0n) is 35.6. The van der Waals surface area contributed by atoms with E-state index >= 15 is 0 Å². The van der Waals surface area contributed by atoms with E-state index in [0.717, 1.165) is 63.5 Å². The second-order valence-electron chi connectivity index (χ2n) is 18.7. The number of sulfonamides is 1. The van der Waals surface area contributed by atoms with Crippen LogP contribution in [0.1, 0.15) is 109 Å². The molecule has 2 saturated heterocycles. The van der Waals surface area contributed by atoms with E-state index in [9.17, 15) is 27.6 Å². The summed E-state index contributed by atoms with van der Waals surface area (Å²) in [6.07, 6.45) is 16.4. The lowest BCUT2D eigenvalue weighted by atomic mass is 10.0. The highest BCUT2D eigenvalue weighted by atomic mass is 32.2. The fourth-order valence-electron chi connectivity index (χ4n) is 9.64. The summed E-state index contributed by atoms with van der Waals surface area (Å²) in [5.74, 6) is -1.07. The summed E-state index contributed by atoms with van der Waals surface area (Å²) in [5, 5.41) is 6.66. The molecule has 5 fully saturated rings. The van der Waals surface area contributed by atoms with Crippen molar-refractivity contribution in [3.8, 4) is 11.6 Å². The van der Waals surface area contributed by atoms with Crippen LogP contribution in [-0.2, 0) is 29.1 Å². The molecule has 7 aliphatic rings. The first kappa shape index (κ1) is 42.6. The number of pyridine rings is 1. The zero-order valence-corrected chi connectivity index (χ0v) is 36.5. The smallest absolute Gasteiger partial charge is 0.408 e. The molecular formula is C46H60N6O9S. The number of hydrogen-bond donors (Lipinski definition) is 3. The molecule has 5 heterocycles. The Balaban J connectivity index is 1.06. The van der Waals surface area contributed by atoms with Gasteiger partial charge < -0.3 is 29.7 Å². The molecule has 7 atom stereocenters. The second-order valence-corrected chi connectivity index (χ2v) is 20.9. The molecule has 3 N–H and O–H groups in total. The summed E-state index contributed by atoms with van der Waals surface area (Å²) < 4.78 is 47.1. The Labute approximate surface area is 363 Å². The van der Waals surface area contributed by atoms with Crippen LogP contribution in [0.15, 0.2) is 42.5 Å². The molecule has 334 valence electrons. The number of carbonyl (C=O) groups excluding carboxylic acids is 4. The molecule has 4 amide bonds. The van der Waals surface area contributed by atoms with Gasteiger partial charge in [-0.1, -0.05) is 43.2 Å². The molecule has 62 heavy (non-hydrogen) atoms. The van der Waals surface area contributed by atoms with Gasteiger partial charge in [0.05, 0.1) is 22.4 Å². The largest absolute Gasteiger partial charge is 0.491 e. The fourth-order valence-corrected chi connectivity index (χ4v) is 10.9. The molecular weight excluding hydrogens is 813 g/mol. The van der Waals surface area contributed by atoms with E-state index in [1.807, 2.05) is 42.5 Å². The van der Waals surface area contributed by atoms with E-state index in [2.05, 4.69) is 26.3 Å². The molecule has 3 saturated carbocycles. The molecule has 16 heteroatoms. The van der Waals surface area contributed by atoms with Crippen LogP contribution in [0, 0.1) is 11.8 Å². The maximum atomic E-state index is 14.8. The molecule has 3 bridgehead atoms. The van der Waals surface area contributed by atoms with E-state index in [4.69, 9.17) is 19.2 Å². The first-order chi connectivity index (χ1) is 29.9. The third-order valence-electron chi connectivity index (χ3n) is 14.1. The van der Waals surface area contributed by atoms with Gasteiger partial charge in [0.25, 0.3) is 5.91 Å². The number of alkyl carbamates (subject to hydrolysis) is 1. The number of carbonyl (C=O) groups is 4. The van der Waals surface area contributed by atoms with Crippen molar-refractivity contribution in [3.63, 3.8) is 0 Å². The zero-order chi connectivity index (χ0) is 43.1. The Morgan fingerprint density at radius 2 is 1.79 bits per heavy atom. The van der Waals surface area contributed by atoms with Gasteiger partial charge in [0.2, 0.25) is 27.7 Å². The Kier molecular flexibility index (Phi) is 12.0. The summed E-state index contributed by atoms with van der Waals surface area (Å²) >= 11 is 0. The predicted octanol–water partition coefficient (Wildman–Crippen LogP) is 5.13. The molecule has 2 aromatic rings. The Bertz CT molecular complexity index is 2240. The summed E-state index contributed by atoms with van der Waals surface area (Å²) in [4.78, 5) is 65.8. The Hall–Kier alpha value is -4.70. The van der Waals surface area contributed by atoms with Crippen LogP contribution >= 0.6 is 0 Å². The lowest BCUT2D eigenvalue weighted by Crippen LogP contribution is -2.58. The molecule has 3 aliphatic carbocycles. The Morgan fingerprint density at radius 3 is 2.61 bits per heavy atom. The van der Waals surface area contributed by atoms with Crippen LogP contribution in [0.4, 0.5) is 4.79 Å². The number of likely N-dealkylation sites (tertiary alicyclic amines) is 1. The van der Waals surface area contributed by atoms with Crippen LogP contribution < -0.4 is 24.8 Å². The highest BCUT2D eigenvalue weighted by Crippen LogP contribution is 2.48. The molecule has 0 spiro atoms. The number of fused-ring (bicyclic) bond motifs is 6. The van der Waals surface area contributed by atoms with Crippen LogP contribution in [-0.4, -0.2) is 114 Å². The average Bonchev–Trinajstić information content (AvgIpc) is 4.19. The number of nitrogens with one attached hydrogen (secondary N) is 3. The van der Waals surface area contributed by atoms with Gasteiger partial charge in [-0.05, 0) is 121 Å². The van der Waals surface area contributed by atoms with Crippen LogP contribution in [0.25, 0.3) is 17.0 Å². The lowest BCUT2D eigenvalue weighted by molar-refractivity contribution is -0.141. The fraction of sp³-hybridized carbons (Fsp3) is 0.630. The number of rotatable bonds is 7. The molecule has 9 rings (SSSR count). The minimum Gasteiger partial charge on any atom is -0.491 e. The van der Waals surface area contributed by atoms with Crippen molar-refractivity contribution in [2.45, 2.75) is 138 Å². The van der Waals surface area contributed by atoms with Crippen molar-refractivity contribution in [3.05, 3.63) is 48.1 Å². The van der Waals surface area contributed by atoms with Crippen molar-refractivity contribution >= 4 is 50.8 Å². The monoisotopic (exact) mass is 872 g/mol. The highest BCUT2D eigenvalue weighted by molar-refractivity contribution is 7.91. The number of hydrogen-bond acceptors (Lipinski definition) is 11. The number of ether oxygens (including phenoxy) is 3. The number of benzene rings is 1. The second kappa shape index (κ2) is 17.5. The van der Waals surface area contributed by atoms with Crippen molar-refractivity contribution < 1.29 is 41.8 Å². The molecule has 4 aliphatic heterocycles. The predicted molar refractivity (Wildman–Crippen MR) is 232 cm³/mol. The molecule has 1 aromatic heterocycles. The van der Waals surface area contributed by atoms with Gasteiger partial charge in [-0.25, -0.2) is 18.2 Å². The van der Waals surface area contributed by atoms with Gasteiger partial charge in [0.1, 0.15) is 42.2 Å². The van der Waals surface area contributed by atoms with Gasteiger partial charge in [0.15, 0.2) is 0 Å². The third-order valence-corrected chi connectivity index (χ3v) is 16.2. The minimum atomic E-state index is -4.00. The van der Waals surface area contributed by atoms with E-state index in [-0.39, 0.29) is 31.4 Å². The maximum Gasteiger partial charge on any atom is 0.408 e. The standard InChI is InChI=1S/C46H60N6O9S/c1-45(20-21-45)62(57,58)50-43(55)46-28-31(46)15-7-3-2-4-9-19-36-42(54)52-29-32(27-37(52)40(53)49-46)60-41-34(17-8-5-6-14-30-26-38(30)61-44(56)48-36)39(33-16-10-11-18-35(33)47-41)59-25-24-51-22-12-13-23-51/h7-8,10-11,15-18,30-32,36-38H,2-6,9,12-14,19-29H2,1H3,(H,48,56)(H,49,53)(H,50,55)/b15-7-,17-8+/t30-,31+,32-,36+,37+,38-,46-/m1/s1. The summed E-state index contributed by atoms with van der Waals surface area (Å²) in [5.41, 5.74) is -0.163. The van der Waals surface area contributed by atoms with E-state index in [0.29, 0.717) is 61.4 Å². The van der Waals surface area contributed by atoms with Crippen LogP contribution in [0.2, 0.25) is 0 Å². The van der Waals surface area contributed by atoms with Gasteiger partial charge in [0, 0.05) is 24.3 Å². The SMILES string of the molecule is CC1(S(=O)(=O)NC(=O)[C@@]23C[C@@H]2/C=C\CCCCC[C@@H]2NC(=O)O[C@@H]4C[C@H]4CCC/C=C/c4c(nc5ccccc5c4OCCN4CCCC4)O[C@@H]4C[C@@H](C(=O)N3)N(C4)C2=O)CC1. The van der Waals surface area contributed by atoms with E-state index < -0.39 is 68.2 Å². The van der Waals surface area contributed by atoms with Crippen LogP contribution in [0.3, 0.4) is 0 Å². The normalized spacial score (nSPS) is 32.4. The van der Waals surface area contributed by atoms with Crippen LogP contribution in [0.5, 0.6) is 11.6 Å². The van der Waals surface area contributed by atoms with Crippen molar-refractivity contribution in [1.82, 2.24) is 30.1 Å². The number of aromatic nitrogens is 1. The van der Waals surface area contributed by atoms with Gasteiger partial charge in [-0.2, -0.15) is 0 Å². The van der Waals surface area contributed by atoms with E-state index in [1.165, 1.54) is 17.7 Å². The summed E-state index contributed by atoms with van der Waals surface area (Å²) in [7, 11) is -4.00. The minimum absolute atomic E-state index is 0.00702. The van der Waals surface area contributed by atoms with Gasteiger partial charge >= 0.3 is 6.09 Å². The molecule has 1 aromatic carbocycles. The highest BCUT2D eigenvalue weighted by Gasteiger charge is 2.63. The summed E-state index contributed by atoms with van der Waals surface area (Å²) in [6, 6.07) is 5.68. The molecule has 0 unspecified atom stereocenters. The van der Waals surface area contributed by atoms with Crippen molar-refractivity contribution in [2.24, 2.45) is 11.8 Å². The summed E-state index contributed by atoms with van der Waals surface area (Å²) in [6.45, 7) is 4.96. The number of allylic oxidation sites excluding steroid dienone is 2. The number of para-hydroxylation sites is 1. The quantitative estimate of drug-likeness (QED) is 0.314. The Morgan fingerprint density at radius 1 is 0.984 bits per heavy atom. The van der Waals surface area contributed by atoms with Crippen molar-refractivity contribution in [1.29, 1.82) is 0 Å². The first-order valence-electron chi connectivity index (χ1n) is 22.9. The van der Waals surface area contributed by atoms with Gasteiger partial charge in [-0.3, -0.25) is 24.0 Å². The number of amides is 4. The first-order valence-corrected chi connectivity index (χ1v) is 24.4. The molecule has 0 radical (unpaired) electrons. The average molecular weight is 873 g/mol. The van der Waals surface area contributed by atoms with Crippen molar-refractivity contribution in [2.75, 3.05) is 32.8 Å². The van der Waals surface area contributed by atoms with Gasteiger partial charge in [-0.15, -0.1) is 0 Å². The maximum absolute atomic E-state index is 14.8. The third kappa shape index (κ3) is 9.04. The number of nitrogens with zero attached hydrogens (tertiary/aromatic N) is 3. The lowest BCUT2D eigenvalue weighted by Gasteiger charge is -2.30. The topological polar surface area (TPSA) is 186 Å².